The van der Waals surface area contributed by atoms with Gasteiger partial charge >= 0.3 is 0 Å². The van der Waals surface area contributed by atoms with Gasteiger partial charge in [0, 0.05) is 24.4 Å². The van der Waals surface area contributed by atoms with E-state index in [-0.39, 0.29) is 18.4 Å². The summed E-state index contributed by atoms with van der Waals surface area (Å²) in [4.78, 5) is 21.0. The number of hydrogen-bond donors (Lipinski definition) is 1. The van der Waals surface area contributed by atoms with E-state index in [2.05, 4.69) is 15.3 Å². The first-order valence-corrected chi connectivity index (χ1v) is 8.79. The molecule has 3 rings (SSSR count). The Morgan fingerprint density at radius 2 is 2.25 bits per heavy atom. The van der Waals surface area contributed by atoms with Gasteiger partial charge in [-0.05, 0) is 26.0 Å². The monoisotopic (exact) mass is 344 g/mol. The van der Waals surface area contributed by atoms with Gasteiger partial charge in [-0.3, -0.25) is 4.79 Å². The van der Waals surface area contributed by atoms with E-state index in [1.54, 1.807) is 0 Å². The molecule has 3 heterocycles. The van der Waals surface area contributed by atoms with Crippen LogP contribution in [0.3, 0.4) is 0 Å². The largest absolute Gasteiger partial charge is 0.372 e. The number of thiazole rings is 1. The Hall–Kier alpha value is -2.25. The summed E-state index contributed by atoms with van der Waals surface area (Å²) in [6.07, 6.45) is 4.09. The number of rotatable bonds is 7. The molecule has 7 heteroatoms. The van der Waals surface area contributed by atoms with Crippen LogP contribution in [0.4, 0.5) is 0 Å². The van der Waals surface area contributed by atoms with Gasteiger partial charge in [-0.2, -0.15) is 0 Å². The van der Waals surface area contributed by atoms with Crippen LogP contribution in [-0.2, 0) is 22.5 Å². The second-order valence-corrected chi connectivity index (χ2v) is 6.32. The van der Waals surface area contributed by atoms with Crippen molar-refractivity contribution in [3.05, 3.63) is 52.4 Å². The molecule has 0 aromatic carbocycles. The Balaban J connectivity index is 1.54. The first kappa shape index (κ1) is 16.6. The van der Waals surface area contributed by atoms with E-state index in [1.165, 1.54) is 11.3 Å². The second kappa shape index (κ2) is 7.55. The lowest BCUT2D eigenvalue weighted by Crippen LogP contribution is -2.24. The van der Waals surface area contributed by atoms with Crippen molar-refractivity contribution < 1.29 is 9.53 Å². The Labute approximate surface area is 144 Å². The van der Waals surface area contributed by atoms with Crippen LogP contribution in [0.5, 0.6) is 0 Å². The van der Waals surface area contributed by atoms with Gasteiger partial charge in [0.05, 0.1) is 24.4 Å². The third kappa shape index (κ3) is 3.98. The van der Waals surface area contributed by atoms with Crippen molar-refractivity contribution in [2.75, 3.05) is 6.61 Å². The van der Waals surface area contributed by atoms with Gasteiger partial charge in [-0.25, -0.2) is 9.97 Å². The summed E-state index contributed by atoms with van der Waals surface area (Å²) in [5.74, 6) is -0.0621. The molecule has 0 aliphatic rings. The number of carbonyl (C=O) groups excluding carboxylic acids is 1. The number of nitrogens with zero attached hydrogens (tertiary/aromatic N) is 3. The predicted octanol–water partition coefficient (Wildman–Crippen LogP) is 2.75. The molecule has 0 saturated heterocycles. The maximum atomic E-state index is 12.1. The van der Waals surface area contributed by atoms with Crippen molar-refractivity contribution in [1.29, 1.82) is 0 Å². The van der Waals surface area contributed by atoms with Crippen LogP contribution in [0.1, 0.15) is 36.3 Å². The zero-order valence-electron chi connectivity index (χ0n) is 13.7. The number of fused-ring (bicyclic) bond motifs is 1. The SMILES string of the molecule is CCO[C@@H](C)c1nc(CC(=O)NCc2cn3ccccc3n2)cs1. The summed E-state index contributed by atoms with van der Waals surface area (Å²) in [5.41, 5.74) is 2.48. The molecule has 0 unspecified atom stereocenters. The van der Waals surface area contributed by atoms with Crippen LogP contribution < -0.4 is 5.32 Å². The van der Waals surface area contributed by atoms with Crippen molar-refractivity contribution in [2.24, 2.45) is 0 Å². The molecule has 0 aliphatic carbocycles. The lowest BCUT2D eigenvalue weighted by atomic mass is 10.3. The molecule has 3 aromatic rings. The quantitative estimate of drug-likeness (QED) is 0.715. The highest BCUT2D eigenvalue weighted by atomic mass is 32.1. The highest BCUT2D eigenvalue weighted by Gasteiger charge is 2.13. The molecule has 1 amide bonds. The molecule has 126 valence electrons. The van der Waals surface area contributed by atoms with E-state index in [0.29, 0.717) is 13.2 Å². The number of ether oxygens (including phenoxy) is 1. The Kier molecular flexibility index (Phi) is 5.22. The summed E-state index contributed by atoms with van der Waals surface area (Å²) in [6.45, 7) is 4.98. The molecule has 0 radical (unpaired) electrons. The smallest absolute Gasteiger partial charge is 0.226 e. The minimum Gasteiger partial charge on any atom is -0.372 e. The number of aromatic nitrogens is 3. The summed E-state index contributed by atoms with van der Waals surface area (Å²) >= 11 is 1.53. The van der Waals surface area contributed by atoms with Crippen LogP contribution >= 0.6 is 11.3 Å². The Morgan fingerprint density at radius 1 is 1.38 bits per heavy atom. The average Bonchev–Trinajstić information content (AvgIpc) is 3.19. The molecule has 0 aliphatic heterocycles. The average molecular weight is 344 g/mol. The molecule has 0 spiro atoms. The molecule has 0 bridgehead atoms. The zero-order chi connectivity index (χ0) is 16.9. The van der Waals surface area contributed by atoms with E-state index in [4.69, 9.17) is 4.74 Å². The van der Waals surface area contributed by atoms with Crippen molar-refractivity contribution in [3.63, 3.8) is 0 Å². The third-order valence-electron chi connectivity index (χ3n) is 3.56. The first-order valence-electron chi connectivity index (χ1n) is 7.91. The van der Waals surface area contributed by atoms with E-state index in [9.17, 15) is 4.79 Å². The summed E-state index contributed by atoms with van der Waals surface area (Å²) in [7, 11) is 0. The number of pyridine rings is 1. The Morgan fingerprint density at radius 3 is 3.04 bits per heavy atom. The molecule has 1 atom stereocenters. The van der Waals surface area contributed by atoms with E-state index in [1.807, 2.05) is 54.2 Å². The van der Waals surface area contributed by atoms with Crippen LogP contribution in [0.15, 0.2) is 36.0 Å². The van der Waals surface area contributed by atoms with E-state index < -0.39 is 0 Å². The molecule has 3 aromatic heterocycles. The fraction of sp³-hybridized carbons (Fsp3) is 0.353. The number of nitrogens with one attached hydrogen (secondary N) is 1. The highest BCUT2D eigenvalue weighted by Crippen LogP contribution is 2.21. The fourth-order valence-electron chi connectivity index (χ4n) is 2.40. The lowest BCUT2D eigenvalue weighted by molar-refractivity contribution is -0.120. The van der Waals surface area contributed by atoms with Gasteiger partial charge in [0.25, 0.3) is 0 Å². The van der Waals surface area contributed by atoms with Crippen LogP contribution in [0.25, 0.3) is 5.65 Å². The van der Waals surface area contributed by atoms with Gasteiger partial charge in [0.1, 0.15) is 16.8 Å². The maximum Gasteiger partial charge on any atom is 0.226 e. The van der Waals surface area contributed by atoms with Crippen molar-refractivity contribution in [3.8, 4) is 0 Å². The van der Waals surface area contributed by atoms with Gasteiger partial charge < -0.3 is 14.5 Å². The standard InChI is InChI=1S/C17H20N4O2S/c1-3-23-12(2)17-20-13(11-24-17)8-16(22)18-9-14-10-21-7-5-4-6-15(21)19-14/h4-7,10-12H,3,8-9H2,1-2H3,(H,18,22)/t12-/m0/s1. The number of hydrogen-bond acceptors (Lipinski definition) is 5. The molecule has 6 nitrogen and oxygen atoms in total. The minimum absolute atomic E-state index is 0.0326. The predicted molar refractivity (Wildman–Crippen MR) is 92.9 cm³/mol. The van der Waals surface area contributed by atoms with Crippen LogP contribution in [0, 0.1) is 0 Å². The van der Waals surface area contributed by atoms with Gasteiger partial charge in [0.15, 0.2) is 0 Å². The molecule has 1 N–H and O–H groups in total. The molecular formula is C17H20N4O2S. The lowest BCUT2D eigenvalue weighted by Gasteiger charge is -2.07. The molecule has 0 saturated carbocycles. The summed E-state index contributed by atoms with van der Waals surface area (Å²) in [6, 6.07) is 5.82. The summed E-state index contributed by atoms with van der Waals surface area (Å²) in [5, 5.41) is 5.71. The zero-order valence-corrected chi connectivity index (χ0v) is 14.5. The van der Waals surface area contributed by atoms with E-state index in [0.717, 1.165) is 22.0 Å². The molecule has 0 fully saturated rings. The van der Waals surface area contributed by atoms with E-state index >= 15 is 0 Å². The van der Waals surface area contributed by atoms with Gasteiger partial charge in [-0.15, -0.1) is 11.3 Å². The van der Waals surface area contributed by atoms with Crippen LogP contribution in [-0.4, -0.2) is 26.9 Å². The third-order valence-corrected chi connectivity index (χ3v) is 4.61. The minimum atomic E-state index is -0.0621. The number of carbonyl (C=O) groups is 1. The topological polar surface area (TPSA) is 68.5 Å². The van der Waals surface area contributed by atoms with Gasteiger partial charge in [-0.1, -0.05) is 6.07 Å². The van der Waals surface area contributed by atoms with Crippen LogP contribution in [0.2, 0.25) is 0 Å². The first-order chi connectivity index (χ1) is 11.7. The van der Waals surface area contributed by atoms with Gasteiger partial charge in [0.2, 0.25) is 5.91 Å². The van der Waals surface area contributed by atoms with Crippen molar-refractivity contribution in [2.45, 2.75) is 32.9 Å². The van der Waals surface area contributed by atoms with Crippen molar-refractivity contribution >= 4 is 22.9 Å². The molecule has 24 heavy (non-hydrogen) atoms. The normalized spacial score (nSPS) is 12.4. The fourth-order valence-corrected chi connectivity index (χ4v) is 3.22. The molecular weight excluding hydrogens is 324 g/mol. The summed E-state index contributed by atoms with van der Waals surface area (Å²) < 4.78 is 7.45. The Bertz CT molecular complexity index is 794. The number of amides is 1. The van der Waals surface area contributed by atoms with Crippen molar-refractivity contribution in [1.82, 2.24) is 19.7 Å². The number of imidazole rings is 1. The maximum absolute atomic E-state index is 12.1. The second-order valence-electron chi connectivity index (χ2n) is 5.43. The highest BCUT2D eigenvalue weighted by molar-refractivity contribution is 7.09.